The predicted molar refractivity (Wildman–Crippen MR) is 52.3 cm³/mol. The molecular formula is C9H16N2O3. The maximum atomic E-state index is 11.4. The Morgan fingerprint density at radius 3 is 2.36 bits per heavy atom. The van der Waals surface area contributed by atoms with Crippen molar-refractivity contribution in [1.82, 2.24) is 4.90 Å². The number of aliphatic hydroxyl groups excluding tert-OH is 1. The molecule has 0 saturated carbocycles. The van der Waals surface area contributed by atoms with Crippen LogP contribution in [0, 0.1) is 0 Å². The molecule has 5 heteroatoms. The minimum atomic E-state index is -0.697. The fraction of sp³-hybridized carbons (Fsp3) is 0.556. The minimum Gasteiger partial charge on any atom is -0.392 e. The van der Waals surface area contributed by atoms with Gasteiger partial charge in [0.05, 0.1) is 12.6 Å². The zero-order chi connectivity index (χ0) is 11.3. The second-order valence-electron chi connectivity index (χ2n) is 3.28. The maximum absolute atomic E-state index is 11.4. The first-order valence-electron chi connectivity index (χ1n) is 4.25. The summed E-state index contributed by atoms with van der Waals surface area (Å²) < 4.78 is 0. The van der Waals surface area contributed by atoms with Gasteiger partial charge in [0.2, 0.25) is 11.8 Å². The summed E-state index contributed by atoms with van der Waals surface area (Å²) in [5.41, 5.74) is 5.27. The number of hydrogen-bond donors (Lipinski definition) is 2. The zero-order valence-corrected chi connectivity index (χ0v) is 8.49. The van der Waals surface area contributed by atoms with E-state index in [9.17, 15) is 9.59 Å². The van der Waals surface area contributed by atoms with Gasteiger partial charge in [-0.15, -0.1) is 0 Å². The van der Waals surface area contributed by atoms with E-state index in [0.29, 0.717) is 5.57 Å². The van der Waals surface area contributed by atoms with Crippen LogP contribution in [0.15, 0.2) is 12.2 Å². The summed E-state index contributed by atoms with van der Waals surface area (Å²) >= 11 is 0. The number of carbonyl (C=O) groups excluding carboxylic acids is 2. The van der Waals surface area contributed by atoms with Crippen molar-refractivity contribution >= 4 is 11.8 Å². The molecule has 14 heavy (non-hydrogen) atoms. The summed E-state index contributed by atoms with van der Waals surface area (Å²) in [6.07, 6.45) is -0.697. The number of nitrogens with two attached hydrogens (primary N) is 1. The van der Waals surface area contributed by atoms with Gasteiger partial charge in [0.1, 0.15) is 0 Å². The number of amides is 2. The SMILES string of the molecule is C=C(C)C(=O)N(CC(N)=O)CC(C)O. The lowest BCUT2D eigenvalue weighted by Gasteiger charge is -2.22. The van der Waals surface area contributed by atoms with Gasteiger partial charge < -0.3 is 15.7 Å². The highest BCUT2D eigenvalue weighted by Crippen LogP contribution is 2.00. The van der Waals surface area contributed by atoms with E-state index in [0.717, 1.165) is 0 Å². The molecule has 0 aromatic rings. The molecular weight excluding hydrogens is 184 g/mol. The van der Waals surface area contributed by atoms with Gasteiger partial charge in [0.15, 0.2) is 0 Å². The van der Waals surface area contributed by atoms with Crippen molar-refractivity contribution in [3.63, 3.8) is 0 Å². The second kappa shape index (κ2) is 5.39. The van der Waals surface area contributed by atoms with Gasteiger partial charge in [-0.1, -0.05) is 6.58 Å². The van der Waals surface area contributed by atoms with E-state index >= 15 is 0 Å². The average molecular weight is 200 g/mol. The van der Waals surface area contributed by atoms with Crippen LogP contribution in [0.5, 0.6) is 0 Å². The van der Waals surface area contributed by atoms with Gasteiger partial charge in [-0.2, -0.15) is 0 Å². The molecule has 0 aliphatic carbocycles. The van der Waals surface area contributed by atoms with Crippen molar-refractivity contribution < 1.29 is 14.7 Å². The Hall–Kier alpha value is -1.36. The van der Waals surface area contributed by atoms with Gasteiger partial charge in [0, 0.05) is 12.1 Å². The van der Waals surface area contributed by atoms with Crippen LogP contribution in [-0.4, -0.2) is 41.0 Å². The lowest BCUT2D eigenvalue weighted by molar-refractivity contribution is -0.133. The Balaban J connectivity index is 4.46. The number of aliphatic hydroxyl groups is 1. The third kappa shape index (κ3) is 4.61. The Labute approximate surface area is 83.2 Å². The summed E-state index contributed by atoms with van der Waals surface area (Å²) in [7, 11) is 0. The van der Waals surface area contributed by atoms with Crippen molar-refractivity contribution in [2.75, 3.05) is 13.1 Å². The molecule has 0 aliphatic heterocycles. The van der Waals surface area contributed by atoms with Crippen LogP contribution < -0.4 is 5.73 Å². The van der Waals surface area contributed by atoms with E-state index in [1.807, 2.05) is 0 Å². The molecule has 1 atom stereocenters. The Morgan fingerprint density at radius 1 is 1.57 bits per heavy atom. The summed E-state index contributed by atoms with van der Waals surface area (Å²) in [4.78, 5) is 23.2. The molecule has 0 aromatic heterocycles. The van der Waals surface area contributed by atoms with Gasteiger partial charge in [-0.25, -0.2) is 0 Å². The van der Waals surface area contributed by atoms with Crippen LogP contribution in [0.2, 0.25) is 0 Å². The molecule has 0 aliphatic rings. The summed E-state index contributed by atoms with van der Waals surface area (Å²) in [5, 5.41) is 9.09. The van der Waals surface area contributed by atoms with Crippen LogP contribution in [0.3, 0.4) is 0 Å². The molecule has 0 rings (SSSR count). The average Bonchev–Trinajstić information content (AvgIpc) is 1.99. The van der Waals surface area contributed by atoms with E-state index in [-0.39, 0.29) is 19.0 Å². The van der Waals surface area contributed by atoms with Crippen molar-refractivity contribution in [3.05, 3.63) is 12.2 Å². The molecule has 0 aromatic carbocycles. The predicted octanol–water partition coefficient (Wildman–Crippen LogP) is -0.743. The van der Waals surface area contributed by atoms with Crippen LogP contribution in [0.1, 0.15) is 13.8 Å². The molecule has 0 heterocycles. The van der Waals surface area contributed by atoms with Crippen molar-refractivity contribution in [2.24, 2.45) is 5.73 Å². The largest absolute Gasteiger partial charge is 0.392 e. The fourth-order valence-corrected chi connectivity index (χ4v) is 0.996. The third-order valence-corrected chi connectivity index (χ3v) is 1.48. The number of primary amides is 1. The molecule has 0 spiro atoms. The van der Waals surface area contributed by atoms with Crippen molar-refractivity contribution in [3.8, 4) is 0 Å². The number of hydrogen-bond acceptors (Lipinski definition) is 3. The van der Waals surface area contributed by atoms with Crippen molar-refractivity contribution in [2.45, 2.75) is 20.0 Å². The lowest BCUT2D eigenvalue weighted by Crippen LogP contribution is -2.42. The molecule has 3 N–H and O–H groups in total. The normalized spacial score (nSPS) is 11.9. The highest BCUT2D eigenvalue weighted by Gasteiger charge is 2.17. The number of carbonyl (C=O) groups is 2. The minimum absolute atomic E-state index is 0.0780. The summed E-state index contributed by atoms with van der Waals surface area (Å²) in [5.74, 6) is -0.982. The van der Waals surface area contributed by atoms with E-state index in [4.69, 9.17) is 10.8 Å². The Bertz CT molecular complexity index is 248. The molecule has 1 unspecified atom stereocenters. The van der Waals surface area contributed by atoms with Gasteiger partial charge in [-0.3, -0.25) is 9.59 Å². The molecule has 0 fully saturated rings. The van der Waals surface area contributed by atoms with Crippen molar-refractivity contribution in [1.29, 1.82) is 0 Å². The Kier molecular flexibility index (Phi) is 4.86. The summed E-state index contributed by atoms with van der Waals surface area (Å²) in [6, 6.07) is 0. The highest BCUT2D eigenvalue weighted by atomic mass is 16.3. The zero-order valence-electron chi connectivity index (χ0n) is 8.49. The Morgan fingerprint density at radius 2 is 2.07 bits per heavy atom. The van der Waals surface area contributed by atoms with Gasteiger partial charge >= 0.3 is 0 Å². The van der Waals surface area contributed by atoms with E-state index < -0.39 is 12.0 Å². The van der Waals surface area contributed by atoms with Gasteiger partial charge in [-0.05, 0) is 13.8 Å². The van der Waals surface area contributed by atoms with E-state index in [1.54, 1.807) is 6.92 Å². The van der Waals surface area contributed by atoms with E-state index in [2.05, 4.69) is 6.58 Å². The van der Waals surface area contributed by atoms with Crippen LogP contribution >= 0.6 is 0 Å². The second-order valence-corrected chi connectivity index (χ2v) is 3.28. The standard InChI is InChI=1S/C9H16N2O3/c1-6(2)9(14)11(4-7(3)12)5-8(10)13/h7,12H,1,4-5H2,2-3H3,(H2,10,13). The first-order chi connectivity index (χ1) is 6.34. The number of rotatable bonds is 5. The molecule has 0 radical (unpaired) electrons. The van der Waals surface area contributed by atoms with Crippen LogP contribution in [0.4, 0.5) is 0 Å². The fourth-order valence-electron chi connectivity index (χ4n) is 0.996. The molecule has 5 nitrogen and oxygen atoms in total. The third-order valence-electron chi connectivity index (χ3n) is 1.48. The number of nitrogens with zero attached hydrogens (tertiary/aromatic N) is 1. The molecule has 0 saturated heterocycles. The molecule has 80 valence electrons. The molecule has 0 bridgehead atoms. The highest BCUT2D eigenvalue weighted by molar-refractivity contribution is 5.94. The first kappa shape index (κ1) is 12.6. The monoisotopic (exact) mass is 200 g/mol. The van der Waals surface area contributed by atoms with Crippen LogP contribution in [0.25, 0.3) is 0 Å². The maximum Gasteiger partial charge on any atom is 0.249 e. The summed E-state index contributed by atoms with van der Waals surface area (Å²) in [6.45, 7) is 6.41. The smallest absolute Gasteiger partial charge is 0.249 e. The quantitative estimate of drug-likeness (QED) is 0.573. The lowest BCUT2D eigenvalue weighted by atomic mass is 10.2. The first-order valence-corrected chi connectivity index (χ1v) is 4.25. The topological polar surface area (TPSA) is 83.6 Å². The van der Waals surface area contributed by atoms with Gasteiger partial charge in [0.25, 0.3) is 0 Å². The molecule has 2 amide bonds. The van der Waals surface area contributed by atoms with E-state index in [1.165, 1.54) is 11.8 Å². The van der Waals surface area contributed by atoms with Crippen LogP contribution in [-0.2, 0) is 9.59 Å².